The number of aliphatic hydroxyl groups is 1. The molecule has 3 atom stereocenters. The molecular weight excluding hydrogens is 164 g/mol. The smallest absolute Gasteiger partial charge is 0.328 e. The molecule has 6 nitrogen and oxygen atoms in total. The molecule has 0 aliphatic carbocycles. The second-order valence-corrected chi connectivity index (χ2v) is 2.52. The zero-order valence-electron chi connectivity index (χ0n) is 6.60. The standard InChI is InChI=1S/C6H12N2O4/c1-2(7)4(9)5(10)3(8)6(11)12/h2-4,9H,7-8H2,1H3,(H,11,12). The van der Waals surface area contributed by atoms with Gasteiger partial charge >= 0.3 is 5.97 Å². The first kappa shape index (κ1) is 11.0. The van der Waals surface area contributed by atoms with Crippen molar-refractivity contribution in [1.29, 1.82) is 0 Å². The van der Waals surface area contributed by atoms with Crippen LogP contribution >= 0.6 is 0 Å². The summed E-state index contributed by atoms with van der Waals surface area (Å²) in [7, 11) is 0. The van der Waals surface area contributed by atoms with Crippen molar-refractivity contribution in [2.24, 2.45) is 11.5 Å². The molecule has 0 heterocycles. The van der Waals surface area contributed by atoms with E-state index < -0.39 is 29.9 Å². The summed E-state index contributed by atoms with van der Waals surface area (Å²) >= 11 is 0. The third-order valence-corrected chi connectivity index (χ3v) is 1.36. The molecule has 0 radical (unpaired) electrons. The van der Waals surface area contributed by atoms with Crippen molar-refractivity contribution < 1.29 is 19.8 Å². The van der Waals surface area contributed by atoms with Crippen LogP contribution in [0.4, 0.5) is 0 Å². The number of hydrogen-bond acceptors (Lipinski definition) is 5. The number of aliphatic carboxylic acids is 1. The van der Waals surface area contributed by atoms with Gasteiger partial charge in [-0.25, -0.2) is 0 Å². The Morgan fingerprint density at radius 3 is 2.00 bits per heavy atom. The molecule has 0 aliphatic rings. The van der Waals surface area contributed by atoms with Crippen molar-refractivity contribution in [3.05, 3.63) is 0 Å². The van der Waals surface area contributed by atoms with Crippen LogP contribution in [0.1, 0.15) is 6.92 Å². The molecule has 0 saturated heterocycles. The molecule has 70 valence electrons. The lowest BCUT2D eigenvalue weighted by Gasteiger charge is -2.14. The van der Waals surface area contributed by atoms with Crippen LogP contribution in [0.2, 0.25) is 0 Å². The van der Waals surface area contributed by atoms with Gasteiger partial charge in [-0.05, 0) is 6.92 Å². The molecule has 0 saturated carbocycles. The fraction of sp³-hybridized carbons (Fsp3) is 0.667. The highest BCUT2D eigenvalue weighted by atomic mass is 16.4. The minimum atomic E-state index is -1.70. The average molecular weight is 176 g/mol. The van der Waals surface area contributed by atoms with Gasteiger partial charge in [0.25, 0.3) is 0 Å². The Labute approximate surface area is 69.2 Å². The summed E-state index contributed by atoms with van der Waals surface area (Å²) in [6.45, 7) is 1.39. The maximum atomic E-state index is 10.9. The fourth-order valence-corrected chi connectivity index (χ4v) is 0.565. The molecule has 0 spiro atoms. The normalized spacial score (nSPS) is 18.0. The van der Waals surface area contributed by atoms with Crippen LogP contribution in [0.3, 0.4) is 0 Å². The fourth-order valence-electron chi connectivity index (χ4n) is 0.565. The highest BCUT2D eigenvalue weighted by Gasteiger charge is 2.29. The lowest BCUT2D eigenvalue weighted by molar-refractivity contribution is -0.145. The number of Topliss-reactive ketones (excluding diaryl/α,β-unsaturated/α-hetero) is 1. The first-order valence-corrected chi connectivity index (χ1v) is 3.33. The van der Waals surface area contributed by atoms with Gasteiger partial charge in [0.05, 0.1) is 0 Å². The van der Waals surface area contributed by atoms with E-state index in [9.17, 15) is 9.59 Å². The summed E-state index contributed by atoms with van der Waals surface area (Å²) in [5.74, 6) is -2.45. The maximum Gasteiger partial charge on any atom is 0.328 e. The second-order valence-electron chi connectivity index (χ2n) is 2.52. The molecule has 6 N–H and O–H groups in total. The number of hydrogen-bond donors (Lipinski definition) is 4. The van der Waals surface area contributed by atoms with Crippen LogP contribution in [-0.2, 0) is 9.59 Å². The highest BCUT2D eigenvalue weighted by Crippen LogP contribution is 1.95. The van der Waals surface area contributed by atoms with Gasteiger partial charge in [-0.2, -0.15) is 0 Å². The molecule has 0 aromatic heterocycles. The van der Waals surface area contributed by atoms with Crippen molar-refractivity contribution in [3.63, 3.8) is 0 Å². The first-order chi connectivity index (χ1) is 5.37. The third kappa shape index (κ3) is 2.57. The van der Waals surface area contributed by atoms with Crippen molar-refractivity contribution in [2.75, 3.05) is 0 Å². The van der Waals surface area contributed by atoms with Gasteiger partial charge in [-0.15, -0.1) is 0 Å². The van der Waals surface area contributed by atoms with Crippen LogP contribution < -0.4 is 11.5 Å². The molecule has 0 bridgehead atoms. The Hall–Kier alpha value is -0.980. The third-order valence-electron chi connectivity index (χ3n) is 1.36. The summed E-state index contributed by atoms with van der Waals surface area (Å²) in [6.07, 6.45) is -1.52. The Kier molecular flexibility index (Phi) is 3.81. The summed E-state index contributed by atoms with van der Waals surface area (Å²) in [6, 6.07) is -2.52. The van der Waals surface area contributed by atoms with E-state index in [1.165, 1.54) is 6.92 Å². The largest absolute Gasteiger partial charge is 0.480 e. The lowest BCUT2D eigenvalue weighted by Crippen LogP contribution is -2.49. The number of aliphatic hydroxyl groups excluding tert-OH is 1. The zero-order chi connectivity index (χ0) is 9.89. The van der Waals surface area contributed by atoms with Gasteiger partial charge in [-0.1, -0.05) is 0 Å². The second kappa shape index (κ2) is 4.15. The van der Waals surface area contributed by atoms with E-state index in [2.05, 4.69) is 0 Å². The van der Waals surface area contributed by atoms with Crippen molar-refractivity contribution in [2.45, 2.75) is 25.1 Å². The van der Waals surface area contributed by atoms with Crippen molar-refractivity contribution >= 4 is 11.8 Å². The number of nitrogens with two attached hydrogens (primary N) is 2. The molecular formula is C6H12N2O4. The molecule has 0 aromatic carbocycles. The molecule has 0 rings (SSSR count). The van der Waals surface area contributed by atoms with E-state index in [0.717, 1.165) is 0 Å². The predicted molar refractivity (Wildman–Crippen MR) is 40.3 cm³/mol. The van der Waals surface area contributed by atoms with E-state index in [4.69, 9.17) is 21.7 Å². The topological polar surface area (TPSA) is 127 Å². The van der Waals surface area contributed by atoms with Crippen LogP contribution in [-0.4, -0.2) is 40.2 Å². The highest BCUT2D eigenvalue weighted by molar-refractivity contribution is 6.04. The van der Waals surface area contributed by atoms with E-state index in [0.29, 0.717) is 0 Å². The molecule has 6 heteroatoms. The van der Waals surface area contributed by atoms with Gasteiger partial charge in [0.15, 0.2) is 11.8 Å². The van der Waals surface area contributed by atoms with Gasteiger partial charge < -0.3 is 21.7 Å². The summed E-state index contributed by atoms with van der Waals surface area (Å²) < 4.78 is 0. The summed E-state index contributed by atoms with van der Waals surface area (Å²) in [5, 5.41) is 17.3. The zero-order valence-corrected chi connectivity index (χ0v) is 6.60. The SMILES string of the molecule is CC(N)C(O)C(=O)C(N)C(=O)O. The maximum absolute atomic E-state index is 10.9. The molecule has 0 fully saturated rings. The van der Waals surface area contributed by atoms with Crippen LogP contribution in [0.25, 0.3) is 0 Å². The van der Waals surface area contributed by atoms with Crippen LogP contribution in [0.15, 0.2) is 0 Å². The van der Waals surface area contributed by atoms with Gasteiger partial charge in [-0.3, -0.25) is 9.59 Å². The Bertz CT molecular complexity index is 192. The van der Waals surface area contributed by atoms with Crippen molar-refractivity contribution in [3.8, 4) is 0 Å². The number of carbonyl (C=O) groups excluding carboxylic acids is 1. The molecule has 3 unspecified atom stereocenters. The lowest BCUT2D eigenvalue weighted by atomic mass is 10.0. The predicted octanol–water partition coefficient (Wildman–Crippen LogP) is -2.32. The minimum Gasteiger partial charge on any atom is -0.480 e. The van der Waals surface area contributed by atoms with Gasteiger partial charge in [0.1, 0.15) is 6.10 Å². The summed E-state index contributed by atoms with van der Waals surface area (Å²) in [5.41, 5.74) is 10.1. The van der Waals surface area contributed by atoms with Crippen LogP contribution in [0.5, 0.6) is 0 Å². The number of carbonyl (C=O) groups is 2. The minimum absolute atomic E-state index is 0.817. The Morgan fingerprint density at radius 2 is 1.75 bits per heavy atom. The number of rotatable bonds is 4. The summed E-state index contributed by atoms with van der Waals surface area (Å²) in [4.78, 5) is 21.1. The molecule has 12 heavy (non-hydrogen) atoms. The van der Waals surface area contributed by atoms with E-state index in [1.807, 2.05) is 0 Å². The Balaban J connectivity index is 4.29. The van der Waals surface area contributed by atoms with E-state index >= 15 is 0 Å². The molecule has 0 amide bonds. The van der Waals surface area contributed by atoms with Gasteiger partial charge in [0.2, 0.25) is 0 Å². The molecule has 0 aromatic rings. The van der Waals surface area contributed by atoms with E-state index in [1.54, 1.807) is 0 Å². The van der Waals surface area contributed by atoms with E-state index in [-0.39, 0.29) is 0 Å². The quantitative estimate of drug-likeness (QED) is 0.356. The van der Waals surface area contributed by atoms with Crippen LogP contribution in [0, 0.1) is 0 Å². The monoisotopic (exact) mass is 176 g/mol. The number of ketones is 1. The Morgan fingerprint density at radius 1 is 1.33 bits per heavy atom. The molecule has 0 aliphatic heterocycles. The van der Waals surface area contributed by atoms with Gasteiger partial charge in [0, 0.05) is 6.04 Å². The number of carboxylic acids is 1. The average Bonchev–Trinajstić information content (AvgIpc) is 2.00. The number of carboxylic acid groups (broad SMARTS) is 1. The first-order valence-electron chi connectivity index (χ1n) is 3.33. The van der Waals surface area contributed by atoms with Crippen molar-refractivity contribution in [1.82, 2.24) is 0 Å².